The van der Waals surface area contributed by atoms with Gasteiger partial charge in [-0.2, -0.15) is 5.26 Å². The Labute approximate surface area is 154 Å². The summed E-state index contributed by atoms with van der Waals surface area (Å²) in [7, 11) is 0. The second-order valence-electron chi connectivity index (χ2n) is 6.97. The van der Waals surface area contributed by atoms with Crippen LogP contribution in [0, 0.1) is 11.3 Å². The van der Waals surface area contributed by atoms with Crippen LogP contribution in [0.1, 0.15) is 59.7 Å². The van der Waals surface area contributed by atoms with E-state index < -0.39 is 0 Å². The largest absolute Gasteiger partial charge is 0.335 e. The van der Waals surface area contributed by atoms with Gasteiger partial charge in [0.2, 0.25) is 5.91 Å². The zero-order chi connectivity index (χ0) is 18.7. The number of hydrogen-bond donors (Lipinski definition) is 0. The van der Waals surface area contributed by atoms with Crippen molar-refractivity contribution in [2.75, 3.05) is 0 Å². The Morgan fingerprint density at radius 1 is 1.19 bits per heavy atom. The second-order valence-corrected chi connectivity index (χ2v) is 6.97. The molecule has 4 heteroatoms. The molecule has 0 N–H and O–H groups in total. The van der Waals surface area contributed by atoms with Gasteiger partial charge >= 0.3 is 0 Å². The molecule has 4 nitrogen and oxygen atoms in total. The van der Waals surface area contributed by atoms with E-state index in [-0.39, 0.29) is 23.7 Å². The van der Waals surface area contributed by atoms with Crippen LogP contribution in [-0.2, 0) is 11.3 Å². The topological polar surface area (TPSA) is 61.2 Å². The highest BCUT2D eigenvalue weighted by molar-refractivity contribution is 6.01. The van der Waals surface area contributed by atoms with Crippen molar-refractivity contribution in [1.82, 2.24) is 4.90 Å². The summed E-state index contributed by atoms with van der Waals surface area (Å²) in [6.07, 6.45) is 0.974. The molecule has 0 spiro atoms. The Hall–Kier alpha value is -2.93. The summed E-state index contributed by atoms with van der Waals surface area (Å²) >= 11 is 0. The van der Waals surface area contributed by atoms with Gasteiger partial charge in [0.05, 0.1) is 17.6 Å². The molecule has 132 valence electrons. The lowest BCUT2D eigenvalue weighted by Crippen LogP contribution is -2.40. The first-order valence-corrected chi connectivity index (χ1v) is 8.93. The lowest BCUT2D eigenvalue weighted by atomic mass is 9.81. The lowest BCUT2D eigenvalue weighted by molar-refractivity contribution is -0.135. The van der Waals surface area contributed by atoms with Crippen LogP contribution >= 0.6 is 0 Å². The number of ketones is 1. The Morgan fingerprint density at radius 3 is 2.54 bits per heavy atom. The van der Waals surface area contributed by atoms with Crippen molar-refractivity contribution in [3.63, 3.8) is 0 Å². The van der Waals surface area contributed by atoms with Crippen molar-refractivity contribution in [2.45, 2.75) is 45.2 Å². The molecule has 0 aliphatic heterocycles. The molecule has 0 bridgehead atoms. The predicted octanol–water partition coefficient (Wildman–Crippen LogP) is 4.06. The standard InChI is InChI=1S/C22H22N2O2/c1-15(2)24(14-17-9-7-16(13-23)8-10-17)22(26)20-11-12-21(25)19-6-4-3-5-18(19)20/h3-10,15,20H,11-12,14H2,1-2H3/t20-/m0/s1. The van der Waals surface area contributed by atoms with Crippen LogP contribution in [0.5, 0.6) is 0 Å². The van der Waals surface area contributed by atoms with E-state index in [2.05, 4.69) is 6.07 Å². The quantitative estimate of drug-likeness (QED) is 0.839. The minimum absolute atomic E-state index is 0.0444. The number of benzene rings is 2. The maximum absolute atomic E-state index is 13.3. The highest BCUT2D eigenvalue weighted by Gasteiger charge is 2.33. The van der Waals surface area contributed by atoms with E-state index in [0.29, 0.717) is 30.5 Å². The van der Waals surface area contributed by atoms with Crippen molar-refractivity contribution in [2.24, 2.45) is 0 Å². The van der Waals surface area contributed by atoms with E-state index in [9.17, 15) is 9.59 Å². The number of nitriles is 1. The number of carbonyl (C=O) groups is 2. The van der Waals surface area contributed by atoms with Gasteiger partial charge in [0, 0.05) is 24.6 Å². The minimum Gasteiger partial charge on any atom is -0.335 e. The first kappa shape index (κ1) is 17.9. The molecule has 0 heterocycles. The molecule has 1 amide bonds. The Morgan fingerprint density at radius 2 is 1.88 bits per heavy atom. The van der Waals surface area contributed by atoms with Crippen LogP contribution in [0.3, 0.4) is 0 Å². The van der Waals surface area contributed by atoms with Gasteiger partial charge in [-0.05, 0) is 43.5 Å². The minimum atomic E-state index is -0.273. The predicted molar refractivity (Wildman–Crippen MR) is 99.6 cm³/mol. The number of carbonyl (C=O) groups excluding carboxylic acids is 2. The molecule has 0 saturated carbocycles. The van der Waals surface area contributed by atoms with E-state index >= 15 is 0 Å². The number of rotatable bonds is 4. The van der Waals surface area contributed by atoms with Gasteiger partial charge in [0.15, 0.2) is 5.78 Å². The van der Waals surface area contributed by atoms with Gasteiger partial charge in [0.1, 0.15) is 0 Å². The number of nitrogens with zero attached hydrogens (tertiary/aromatic N) is 2. The lowest BCUT2D eigenvalue weighted by Gasteiger charge is -2.33. The van der Waals surface area contributed by atoms with Crippen LogP contribution < -0.4 is 0 Å². The van der Waals surface area contributed by atoms with Crippen molar-refractivity contribution in [3.05, 3.63) is 70.8 Å². The molecule has 0 saturated heterocycles. The molecular formula is C22H22N2O2. The summed E-state index contributed by atoms with van der Waals surface area (Å²) in [6.45, 7) is 4.50. The monoisotopic (exact) mass is 346 g/mol. The summed E-state index contributed by atoms with van der Waals surface area (Å²) < 4.78 is 0. The normalized spacial score (nSPS) is 16.1. The zero-order valence-corrected chi connectivity index (χ0v) is 15.1. The van der Waals surface area contributed by atoms with Crippen LogP contribution in [0.15, 0.2) is 48.5 Å². The number of amides is 1. The van der Waals surface area contributed by atoms with Crippen LogP contribution in [0.25, 0.3) is 0 Å². The fourth-order valence-electron chi connectivity index (χ4n) is 3.47. The third-order valence-electron chi connectivity index (χ3n) is 4.94. The Kier molecular flexibility index (Phi) is 5.18. The molecule has 0 radical (unpaired) electrons. The first-order chi connectivity index (χ1) is 12.5. The highest BCUT2D eigenvalue weighted by atomic mass is 16.2. The van der Waals surface area contributed by atoms with E-state index in [1.807, 2.05) is 55.1 Å². The third-order valence-corrected chi connectivity index (χ3v) is 4.94. The average molecular weight is 346 g/mol. The van der Waals surface area contributed by atoms with Crippen molar-refractivity contribution >= 4 is 11.7 Å². The average Bonchev–Trinajstić information content (AvgIpc) is 2.66. The molecule has 2 aromatic carbocycles. The van der Waals surface area contributed by atoms with Crippen molar-refractivity contribution in [1.29, 1.82) is 5.26 Å². The Bertz CT molecular complexity index is 862. The molecule has 1 aliphatic carbocycles. The summed E-state index contributed by atoms with van der Waals surface area (Å²) in [5.74, 6) is -0.0955. The summed E-state index contributed by atoms with van der Waals surface area (Å²) in [4.78, 5) is 27.3. The van der Waals surface area contributed by atoms with E-state index in [0.717, 1.165) is 11.1 Å². The summed E-state index contributed by atoms with van der Waals surface area (Å²) in [5.41, 5.74) is 3.13. The maximum Gasteiger partial charge on any atom is 0.230 e. The van der Waals surface area contributed by atoms with Gasteiger partial charge in [-0.15, -0.1) is 0 Å². The van der Waals surface area contributed by atoms with Gasteiger partial charge in [-0.3, -0.25) is 9.59 Å². The second kappa shape index (κ2) is 7.53. The van der Waals surface area contributed by atoms with E-state index in [1.54, 1.807) is 12.1 Å². The number of hydrogen-bond acceptors (Lipinski definition) is 3. The van der Waals surface area contributed by atoms with Gasteiger partial charge in [-0.1, -0.05) is 36.4 Å². The highest BCUT2D eigenvalue weighted by Crippen LogP contribution is 2.33. The van der Waals surface area contributed by atoms with E-state index in [4.69, 9.17) is 5.26 Å². The fourth-order valence-corrected chi connectivity index (χ4v) is 3.47. The van der Waals surface area contributed by atoms with Crippen molar-refractivity contribution < 1.29 is 9.59 Å². The molecule has 2 aromatic rings. The summed E-state index contributed by atoms with van der Waals surface area (Å²) in [6, 6.07) is 16.9. The Balaban J connectivity index is 1.86. The maximum atomic E-state index is 13.3. The molecule has 0 unspecified atom stereocenters. The van der Waals surface area contributed by atoms with Crippen LogP contribution in [0.4, 0.5) is 0 Å². The molecule has 1 aliphatic rings. The zero-order valence-electron chi connectivity index (χ0n) is 15.1. The van der Waals surface area contributed by atoms with Gasteiger partial charge in [-0.25, -0.2) is 0 Å². The number of fused-ring (bicyclic) bond motifs is 1. The summed E-state index contributed by atoms with van der Waals surface area (Å²) in [5, 5.41) is 8.93. The fraction of sp³-hybridized carbons (Fsp3) is 0.318. The molecule has 0 aromatic heterocycles. The van der Waals surface area contributed by atoms with Gasteiger partial charge in [0.25, 0.3) is 0 Å². The molecule has 1 atom stereocenters. The first-order valence-electron chi connectivity index (χ1n) is 8.93. The van der Waals surface area contributed by atoms with Crippen LogP contribution in [-0.4, -0.2) is 22.6 Å². The van der Waals surface area contributed by atoms with Gasteiger partial charge < -0.3 is 4.90 Å². The molecular weight excluding hydrogens is 324 g/mol. The number of Topliss-reactive ketones (excluding diaryl/α,β-unsaturated/α-hetero) is 1. The SMILES string of the molecule is CC(C)N(Cc1ccc(C#N)cc1)C(=O)[C@H]1CCC(=O)c2ccccc21. The molecule has 26 heavy (non-hydrogen) atoms. The van der Waals surface area contributed by atoms with E-state index in [1.165, 1.54) is 0 Å². The van der Waals surface area contributed by atoms with Crippen LogP contribution in [0.2, 0.25) is 0 Å². The molecule has 3 rings (SSSR count). The third kappa shape index (κ3) is 3.52. The smallest absolute Gasteiger partial charge is 0.230 e. The van der Waals surface area contributed by atoms with Crippen molar-refractivity contribution in [3.8, 4) is 6.07 Å². The molecule has 0 fully saturated rings.